The number of thiazole rings is 1. The maximum atomic E-state index is 6.05. The van der Waals surface area contributed by atoms with E-state index >= 15 is 0 Å². The quantitative estimate of drug-likeness (QED) is 0.428. The Balaban J connectivity index is 1.65. The summed E-state index contributed by atoms with van der Waals surface area (Å²) in [7, 11) is 1.78. The van der Waals surface area contributed by atoms with Crippen molar-refractivity contribution in [1.29, 1.82) is 0 Å². The van der Waals surface area contributed by atoms with Gasteiger partial charge in [0.2, 0.25) is 4.80 Å². The Morgan fingerprint density at radius 2 is 1.93 bits per heavy atom. The maximum Gasteiger partial charge on any atom is 0.206 e. The molecule has 6 heteroatoms. The number of hydrogen-bond donors (Lipinski definition) is 1. The normalized spacial score (nSPS) is 12.7. The molecule has 2 aromatic carbocycles. The van der Waals surface area contributed by atoms with E-state index < -0.39 is 0 Å². The van der Waals surface area contributed by atoms with Crippen LogP contribution in [0.2, 0.25) is 0 Å². The summed E-state index contributed by atoms with van der Waals surface area (Å²) in [5.41, 5.74) is 5.01. The van der Waals surface area contributed by atoms with Gasteiger partial charge in [-0.25, -0.2) is 4.68 Å². The molecule has 0 aliphatic rings. The van der Waals surface area contributed by atoms with Crippen LogP contribution in [0.1, 0.15) is 11.3 Å². The lowest BCUT2D eigenvalue weighted by atomic mass is 10.1. The van der Waals surface area contributed by atoms with Crippen LogP contribution in [0.15, 0.2) is 74.5 Å². The first-order chi connectivity index (χ1) is 13.7. The molecule has 0 saturated carbocycles. The van der Waals surface area contributed by atoms with E-state index in [0.29, 0.717) is 0 Å². The highest BCUT2D eigenvalue weighted by molar-refractivity contribution is 7.07. The maximum absolute atomic E-state index is 6.05. The van der Waals surface area contributed by atoms with E-state index in [0.717, 1.165) is 49.4 Å². The largest absolute Gasteiger partial charge is 0.454 e. The van der Waals surface area contributed by atoms with Gasteiger partial charge >= 0.3 is 0 Å². The second kappa shape index (κ2) is 6.65. The zero-order valence-electron chi connectivity index (χ0n) is 15.5. The van der Waals surface area contributed by atoms with E-state index in [1.165, 1.54) is 0 Å². The molecule has 3 heterocycles. The minimum absolute atomic E-state index is 0.778. The van der Waals surface area contributed by atoms with Crippen molar-refractivity contribution in [1.82, 2.24) is 9.66 Å². The van der Waals surface area contributed by atoms with Crippen molar-refractivity contribution in [2.24, 2.45) is 10.1 Å². The fourth-order valence-corrected chi connectivity index (χ4v) is 4.20. The second-order valence-corrected chi connectivity index (χ2v) is 7.38. The molecule has 138 valence electrons. The van der Waals surface area contributed by atoms with Gasteiger partial charge < -0.3 is 9.40 Å². The highest BCUT2D eigenvalue weighted by atomic mass is 32.1. The fraction of sp³-hybridized carbons (Fsp3) is 0.0909. The minimum atomic E-state index is 0.778. The number of nitrogens with one attached hydrogen (secondary N) is 1. The molecule has 5 aromatic rings. The Hall–Kier alpha value is -3.38. The summed E-state index contributed by atoms with van der Waals surface area (Å²) in [5.74, 6) is 0.778. The van der Waals surface area contributed by atoms with Gasteiger partial charge in [0.25, 0.3) is 0 Å². The molecule has 0 atom stereocenters. The molecule has 5 rings (SSSR count). The Labute approximate surface area is 165 Å². The van der Waals surface area contributed by atoms with Crippen molar-refractivity contribution in [3.05, 3.63) is 76.0 Å². The average Bonchev–Trinajstić information content (AvgIpc) is 3.40. The Kier molecular flexibility index (Phi) is 3.98. The third-order valence-electron chi connectivity index (χ3n) is 4.80. The summed E-state index contributed by atoms with van der Waals surface area (Å²) in [6.45, 7) is 2.06. The molecule has 0 saturated heterocycles. The highest BCUT2D eigenvalue weighted by Crippen LogP contribution is 2.28. The standard InChI is InChI=1S/C22H18N4OS/c1-14-17(16-8-4-5-9-18(16)25-14)12-24-26-19(13-28-22(26)23-2)21-11-15-7-3-6-10-20(15)27-21/h3-13,25H,1-2H3. The predicted octanol–water partition coefficient (Wildman–Crippen LogP) is 5.17. The van der Waals surface area contributed by atoms with E-state index in [1.807, 2.05) is 58.7 Å². The number of aromatic nitrogens is 2. The first-order valence-corrected chi connectivity index (χ1v) is 9.86. The molecular formula is C22H18N4OS. The van der Waals surface area contributed by atoms with Crippen LogP contribution in [0.3, 0.4) is 0 Å². The highest BCUT2D eigenvalue weighted by Gasteiger charge is 2.13. The van der Waals surface area contributed by atoms with Gasteiger partial charge in [-0.2, -0.15) is 5.10 Å². The number of aromatic amines is 1. The molecule has 5 nitrogen and oxygen atoms in total. The topological polar surface area (TPSA) is 58.6 Å². The molecule has 0 aliphatic heterocycles. The molecule has 0 unspecified atom stereocenters. The number of aryl methyl sites for hydroxylation is 1. The fourth-order valence-electron chi connectivity index (χ4n) is 3.42. The van der Waals surface area contributed by atoms with Crippen molar-refractivity contribution in [3.63, 3.8) is 0 Å². The van der Waals surface area contributed by atoms with Gasteiger partial charge in [0.05, 0.1) is 6.21 Å². The Morgan fingerprint density at radius 3 is 2.79 bits per heavy atom. The monoisotopic (exact) mass is 386 g/mol. The van der Waals surface area contributed by atoms with Crippen LogP contribution in [0.4, 0.5) is 0 Å². The summed E-state index contributed by atoms with van der Waals surface area (Å²) in [6.07, 6.45) is 1.89. The van der Waals surface area contributed by atoms with Crippen molar-refractivity contribution in [3.8, 4) is 11.5 Å². The lowest BCUT2D eigenvalue weighted by Gasteiger charge is -2.00. The predicted molar refractivity (Wildman–Crippen MR) is 115 cm³/mol. The minimum Gasteiger partial charge on any atom is -0.454 e. The molecule has 0 bridgehead atoms. The first-order valence-electron chi connectivity index (χ1n) is 8.98. The molecule has 28 heavy (non-hydrogen) atoms. The zero-order valence-corrected chi connectivity index (χ0v) is 16.3. The van der Waals surface area contributed by atoms with Crippen molar-refractivity contribution < 1.29 is 4.42 Å². The number of hydrogen-bond acceptors (Lipinski definition) is 4. The van der Waals surface area contributed by atoms with Crippen molar-refractivity contribution in [2.75, 3.05) is 7.05 Å². The van der Waals surface area contributed by atoms with Gasteiger partial charge in [-0.05, 0) is 25.1 Å². The van der Waals surface area contributed by atoms with Crippen LogP contribution in [-0.4, -0.2) is 22.9 Å². The molecule has 0 amide bonds. The van der Waals surface area contributed by atoms with Gasteiger partial charge in [0.15, 0.2) is 5.76 Å². The van der Waals surface area contributed by atoms with E-state index in [4.69, 9.17) is 9.52 Å². The SMILES string of the molecule is CN=c1scc(-c2cc3ccccc3o2)n1N=Cc1c(C)[nH]c2ccccc12. The summed E-state index contributed by atoms with van der Waals surface area (Å²) in [6, 6.07) is 18.3. The van der Waals surface area contributed by atoms with Crippen LogP contribution in [0.25, 0.3) is 33.3 Å². The van der Waals surface area contributed by atoms with E-state index in [9.17, 15) is 0 Å². The summed E-state index contributed by atoms with van der Waals surface area (Å²) < 4.78 is 7.88. The third-order valence-corrected chi connectivity index (χ3v) is 5.71. The smallest absolute Gasteiger partial charge is 0.206 e. The van der Waals surface area contributed by atoms with E-state index in [1.54, 1.807) is 18.4 Å². The zero-order chi connectivity index (χ0) is 19.1. The van der Waals surface area contributed by atoms with Crippen LogP contribution in [0, 0.1) is 6.92 Å². The lowest BCUT2D eigenvalue weighted by molar-refractivity contribution is 0.622. The molecule has 0 spiro atoms. The Morgan fingerprint density at radius 1 is 1.11 bits per heavy atom. The number of para-hydroxylation sites is 2. The van der Waals surface area contributed by atoms with Crippen LogP contribution >= 0.6 is 11.3 Å². The van der Waals surface area contributed by atoms with Gasteiger partial charge in [-0.15, -0.1) is 11.3 Å². The average molecular weight is 386 g/mol. The van der Waals surface area contributed by atoms with Crippen molar-refractivity contribution in [2.45, 2.75) is 6.92 Å². The van der Waals surface area contributed by atoms with E-state index in [-0.39, 0.29) is 0 Å². The third kappa shape index (κ3) is 2.70. The summed E-state index contributed by atoms with van der Waals surface area (Å²) in [5, 5.41) is 9.02. The molecule has 0 radical (unpaired) electrons. The molecular weight excluding hydrogens is 368 g/mol. The lowest BCUT2D eigenvalue weighted by Crippen LogP contribution is -2.11. The number of fused-ring (bicyclic) bond motifs is 2. The van der Waals surface area contributed by atoms with Crippen LogP contribution < -0.4 is 4.80 Å². The van der Waals surface area contributed by atoms with Gasteiger partial charge in [-0.3, -0.25) is 4.99 Å². The van der Waals surface area contributed by atoms with Crippen LogP contribution in [0.5, 0.6) is 0 Å². The second-order valence-electron chi connectivity index (χ2n) is 6.54. The summed E-state index contributed by atoms with van der Waals surface area (Å²) in [4.78, 5) is 8.59. The number of benzene rings is 2. The van der Waals surface area contributed by atoms with Crippen molar-refractivity contribution >= 4 is 39.4 Å². The Bertz CT molecular complexity index is 1360. The van der Waals surface area contributed by atoms with Gasteiger partial charge in [0, 0.05) is 40.0 Å². The van der Waals surface area contributed by atoms with E-state index in [2.05, 4.69) is 29.0 Å². The number of furan rings is 1. The molecule has 0 fully saturated rings. The number of nitrogens with zero attached hydrogens (tertiary/aromatic N) is 3. The molecule has 3 aromatic heterocycles. The number of H-pyrrole nitrogens is 1. The van der Waals surface area contributed by atoms with Gasteiger partial charge in [0.1, 0.15) is 11.3 Å². The first kappa shape index (κ1) is 16.8. The number of rotatable bonds is 3. The molecule has 1 N–H and O–H groups in total. The van der Waals surface area contributed by atoms with Gasteiger partial charge in [-0.1, -0.05) is 36.4 Å². The summed E-state index contributed by atoms with van der Waals surface area (Å²) >= 11 is 1.54. The van der Waals surface area contributed by atoms with Crippen LogP contribution in [-0.2, 0) is 0 Å². The molecule has 0 aliphatic carbocycles.